The van der Waals surface area contributed by atoms with Crippen LogP contribution in [0.1, 0.15) is 28.4 Å². The number of hydrogen-bond donors (Lipinski definition) is 0. The lowest BCUT2D eigenvalue weighted by Crippen LogP contribution is -2.62. The predicted molar refractivity (Wildman–Crippen MR) is 109 cm³/mol. The van der Waals surface area contributed by atoms with E-state index in [0.717, 1.165) is 22.4 Å². The molecule has 0 amide bonds. The fourth-order valence-electron chi connectivity index (χ4n) is 5.08. The van der Waals surface area contributed by atoms with Crippen LogP contribution in [0.25, 0.3) is 0 Å². The smallest absolute Gasteiger partial charge is 0.341 e. The van der Waals surface area contributed by atoms with E-state index in [1.54, 1.807) is 0 Å². The molecular formula is C25H20NO4+. The highest BCUT2D eigenvalue weighted by atomic mass is 16.5. The Morgan fingerprint density at radius 2 is 1.50 bits per heavy atom. The van der Waals surface area contributed by atoms with Crippen LogP contribution in [0.4, 0.5) is 0 Å². The summed E-state index contributed by atoms with van der Waals surface area (Å²) in [5, 5.41) is 0. The Kier molecular flexibility index (Phi) is 4.07. The van der Waals surface area contributed by atoms with Gasteiger partial charge >= 0.3 is 11.9 Å². The average Bonchev–Trinajstić information content (AvgIpc) is 2.83. The van der Waals surface area contributed by atoms with Crippen LogP contribution in [0.5, 0.6) is 0 Å². The number of methoxy groups -OCH3 is 2. The third-order valence-electron chi connectivity index (χ3n) is 6.13. The molecule has 1 aliphatic carbocycles. The van der Waals surface area contributed by atoms with E-state index in [2.05, 4.69) is 4.57 Å². The molecular weight excluding hydrogens is 378 g/mol. The fraction of sp³-hybridized carbons (Fsp3) is 0.160. The summed E-state index contributed by atoms with van der Waals surface area (Å²) in [5.74, 6) is -1.06. The van der Waals surface area contributed by atoms with Gasteiger partial charge in [0, 0.05) is 17.7 Å². The van der Waals surface area contributed by atoms with Crippen molar-refractivity contribution in [2.24, 2.45) is 0 Å². The number of carbonyl (C=O) groups is 2. The van der Waals surface area contributed by atoms with Gasteiger partial charge in [0.25, 0.3) is 0 Å². The lowest BCUT2D eigenvalue weighted by atomic mass is 9.57. The van der Waals surface area contributed by atoms with E-state index >= 15 is 0 Å². The zero-order valence-electron chi connectivity index (χ0n) is 16.7. The molecule has 2 atom stereocenters. The molecule has 0 fully saturated rings. The molecule has 0 radical (unpaired) electrons. The zero-order chi connectivity index (χ0) is 20.9. The highest BCUT2D eigenvalue weighted by Crippen LogP contribution is 2.56. The van der Waals surface area contributed by atoms with Crippen molar-refractivity contribution in [1.29, 1.82) is 0 Å². The predicted octanol–water partition coefficient (Wildman–Crippen LogP) is 2.87. The summed E-state index contributed by atoms with van der Waals surface area (Å²) in [6.45, 7) is 0. The van der Waals surface area contributed by atoms with Crippen LogP contribution < -0.4 is 4.57 Å². The molecule has 0 unspecified atom stereocenters. The number of hydrogen-bond acceptors (Lipinski definition) is 4. The largest absolute Gasteiger partial charge is 0.466 e. The number of benzene rings is 2. The van der Waals surface area contributed by atoms with Crippen LogP contribution in [-0.4, -0.2) is 26.2 Å². The summed E-state index contributed by atoms with van der Waals surface area (Å²) in [6.07, 6.45) is 1.95. The van der Waals surface area contributed by atoms with Gasteiger partial charge in [0.1, 0.15) is 11.0 Å². The van der Waals surface area contributed by atoms with Gasteiger partial charge < -0.3 is 9.47 Å². The summed E-state index contributed by atoms with van der Waals surface area (Å²) in [7, 11) is 2.68. The van der Waals surface area contributed by atoms with E-state index in [4.69, 9.17) is 9.47 Å². The second-order valence-electron chi connectivity index (χ2n) is 7.37. The molecule has 2 aromatic carbocycles. The second kappa shape index (κ2) is 6.66. The first-order chi connectivity index (χ1) is 14.7. The van der Waals surface area contributed by atoms with E-state index in [1.807, 2.05) is 79.0 Å². The Labute approximate surface area is 174 Å². The second-order valence-corrected chi connectivity index (χ2v) is 7.37. The standard InChI is InChI=1S/C25H20NO4/c1-29-23(27)20-21(24(28)30-2)25(16-10-4-3-5-11-16)18-13-7-6-12-17(18)22(20)26-15-9-8-14-19(25)26/h3-15,22H,1-2H3/q+1/t22-,25+/m0/s1. The van der Waals surface area contributed by atoms with Crippen molar-refractivity contribution in [2.45, 2.75) is 11.5 Å². The van der Waals surface area contributed by atoms with Gasteiger partial charge in [0.15, 0.2) is 6.20 Å². The zero-order valence-corrected chi connectivity index (χ0v) is 16.7. The van der Waals surface area contributed by atoms with Gasteiger partial charge in [-0.1, -0.05) is 60.7 Å². The maximum Gasteiger partial charge on any atom is 0.341 e. The molecule has 2 bridgehead atoms. The lowest BCUT2D eigenvalue weighted by Gasteiger charge is -2.45. The highest BCUT2D eigenvalue weighted by Gasteiger charge is 2.63. The highest BCUT2D eigenvalue weighted by molar-refractivity contribution is 6.06. The molecule has 0 N–H and O–H groups in total. The Bertz CT molecular complexity index is 1170. The van der Waals surface area contributed by atoms with Crippen molar-refractivity contribution in [3.8, 4) is 0 Å². The average molecular weight is 398 g/mol. The molecule has 2 aliphatic heterocycles. The fourth-order valence-corrected chi connectivity index (χ4v) is 5.08. The molecule has 1 aromatic heterocycles. The molecule has 5 heteroatoms. The topological polar surface area (TPSA) is 56.5 Å². The first kappa shape index (κ1) is 18.3. The van der Waals surface area contributed by atoms with Crippen molar-refractivity contribution >= 4 is 11.9 Å². The molecule has 0 saturated carbocycles. The minimum absolute atomic E-state index is 0.315. The minimum atomic E-state index is -0.996. The normalized spacial score (nSPS) is 20.9. The summed E-state index contributed by atoms with van der Waals surface area (Å²) < 4.78 is 12.5. The van der Waals surface area contributed by atoms with E-state index in [1.165, 1.54) is 14.2 Å². The number of esters is 2. The van der Waals surface area contributed by atoms with Crippen LogP contribution in [0.15, 0.2) is 90.1 Å². The third kappa shape index (κ3) is 2.15. The van der Waals surface area contributed by atoms with E-state index in [9.17, 15) is 9.59 Å². The molecule has 3 aliphatic rings. The first-order valence-corrected chi connectivity index (χ1v) is 9.73. The van der Waals surface area contributed by atoms with Crippen molar-refractivity contribution in [3.63, 3.8) is 0 Å². The maximum atomic E-state index is 13.3. The third-order valence-corrected chi connectivity index (χ3v) is 6.13. The van der Waals surface area contributed by atoms with Crippen molar-refractivity contribution in [1.82, 2.24) is 0 Å². The van der Waals surface area contributed by atoms with Gasteiger partial charge in [0.05, 0.1) is 19.8 Å². The first-order valence-electron chi connectivity index (χ1n) is 9.73. The van der Waals surface area contributed by atoms with E-state index in [-0.39, 0.29) is 0 Å². The Balaban J connectivity index is 2.04. The molecule has 148 valence electrons. The Morgan fingerprint density at radius 3 is 2.23 bits per heavy atom. The SMILES string of the molecule is COC(=O)C1=C(C(=O)OC)[C@]2(c3ccccc3)c3ccccc3[C@@H]1[n+]1ccccc12. The molecule has 0 saturated heterocycles. The maximum absolute atomic E-state index is 13.3. The van der Waals surface area contributed by atoms with Gasteiger partial charge in [-0.15, -0.1) is 0 Å². The van der Waals surface area contributed by atoms with Gasteiger partial charge in [-0.25, -0.2) is 9.59 Å². The molecule has 5 nitrogen and oxygen atoms in total. The summed E-state index contributed by atoms with van der Waals surface area (Å²) in [5.41, 5.74) is 3.38. The van der Waals surface area contributed by atoms with Crippen LogP contribution >= 0.6 is 0 Å². The monoisotopic (exact) mass is 398 g/mol. The molecule has 3 heterocycles. The van der Waals surface area contributed by atoms with Crippen molar-refractivity contribution in [2.75, 3.05) is 14.2 Å². The molecule has 30 heavy (non-hydrogen) atoms. The molecule has 0 spiro atoms. The van der Waals surface area contributed by atoms with Crippen LogP contribution in [-0.2, 0) is 24.5 Å². The summed E-state index contributed by atoms with van der Waals surface area (Å²) in [4.78, 5) is 26.4. The number of aromatic nitrogens is 1. The van der Waals surface area contributed by atoms with Gasteiger partial charge in [-0.3, -0.25) is 0 Å². The lowest BCUT2D eigenvalue weighted by molar-refractivity contribution is -0.719. The van der Waals surface area contributed by atoms with Gasteiger partial charge in [0.2, 0.25) is 11.7 Å². The van der Waals surface area contributed by atoms with E-state index in [0.29, 0.717) is 11.1 Å². The molecule has 6 rings (SSSR count). The summed E-state index contributed by atoms with van der Waals surface area (Å²) in [6, 6.07) is 23.2. The van der Waals surface area contributed by atoms with Gasteiger partial charge in [-0.05, 0) is 11.1 Å². The number of rotatable bonds is 3. The van der Waals surface area contributed by atoms with Crippen molar-refractivity contribution < 1.29 is 23.6 Å². The minimum Gasteiger partial charge on any atom is -0.466 e. The van der Waals surface area contributed by atoms with E-state index < -0.39 is 23.4 Å². The quantitative estimate of drug-likeness (QED) is 0.503. The molecule has 3 aromatic rings. The Hall–Kier alpha value is -3.73. The number of carbonyl (C=O) groups excluding carboxylic acids is 2. The number of ether oxygens (including phenoxy) is 2. The van der Waals surface area contributed by atoms with Crippen LogP contribution in [0, 0.1) is 0 Å². The Morgan fingerprint density at radius 1 is 0.833 bits per heavy atom. The van der Waals surface area contributed by atoms with Crippen LogP contribution in [0.2, 0.25) is 0 Å². The van der Waals surface area contributed by atoms with Gasteiger partial charge in [-0.2, -0.15) is 4.57 Å². The number of nitrogens with zero attached hydrogens (tertiary/aromatic N) is 1. The van der Waals surface area contributed by atoms with Crippen molar-refractivity contribution in [3.05, 3.63) is 113 Å². The summed E-state index contributed by atoms with van der Waals surface area (Å²) >= 11 is 0. The van der Waals surface area contributed by atoms with Crippen LogP contribution in [0.3, 0.4) is 0 Å². The number of pyridine rings is 1.